The van der Waals surface area contributed by atoms with Crippen molar-refractivity contribution in [3.63, 3.8) is 0 Å². The van der Waals surface area contributed by atoms with Crippen LogP contribution in [0.15, 0.2) is 24.4 Å². The fourth-order valence-electron chi connectivity index (χ4n) is 3.30. The topological polar surface area (TPSA) is 112 Å². The number of carboxylic acids is 1. The van der Waals surface area contributed by atoms with Gasteiger partial charge in [0.2, 0.25) is 5.91 Å². The van der Waals surface area contributed by atoms with Crippen molar-refractivity contribution in [2.24, 2.45) is 0 Å². The summed E-state index contributed by atoms with van der Waals surface area (Å²) in [6.07, 6.45) is 2.70. The summed E-state index contributed by atoms with van der Waals surface area (Å²) in [5.41, 5.74) is 1.64. The first-order valence-electron chi connectivity index (χ1n) is 10.1. The van der Waals surface area contributed by atoms with Gasteiger partial charge >= 0.3 is 12.1 Å². The van der Waals surface area contributed by atoms with Crippen molar-refractivity contribution in [2.75, 3.05) is 11.4 Å². The summed E-state index contributed by atoms with van der Waals surface area (Å²) in [4.78, 5) is 40.6. The van der Waals surface area contributed by atoms with E-state index in [1.54, 1.807) is 32.9 Å². The minimum Gasteiger partial charge on any atom is -0.480 e. The van der Waals surface area contributed by atoms with Crippen molar-refractivity contribution >= 4 is 34.6 Å². The Labute approximate surface area is 176 Å². The molecule has 3 N–H and O–H groups in total. The van der Waals surface area contributed by atoms with Crippen LogP contribution in [0, 0.1) is 0 Å². The molecule has 0 radical (unpaired) electrons. The fourth-order valence-corrected chi connectivity index (χ4v) is 3.30. The molecule has 1 unspecified atom stereocenters. The average molecular weight is 418 g/mol. The first kappa shape index (κ1) is 23.3. The van der Waals surface area contributed by atoms with E-state index in [-0.39, 0.29) is 18.4 Å². The standard InChI is InChI=1S/C22H31N3O5/c1-6-8-18(26)25(13-19(27)28)17-10-7-9-16-20(17)15(12-23-16)11-14(2)24-21(29)30-22(3,4)5/h7,9-10,12,14,23H,6,8,11,13H2,1-5H3,(H,24,29)(H,27,28). The molecule has 2 rings (SSSR count). The number of alkyl carbamates (subject to hydrolysis) is 1. The number of amides is 2. The highest BCUT2D eigenvalue weighted by Crippen LogP contribution is 2.31. The Balaban J connectivity index is 2.33. The first-order valence-corrected chi connectivity index (χ1v) is 10.1. The lowest BCUT2D eigenvalue weighted by atomic mass is 10.0. The number of carbonyl (C=O) groups excluding carboxylic acids is 2. The molecule has 0 spiro atoms. The molecule has 1 atom stereocenters. The molecule has 8 heteroatoms. The van der Waals surface area contributed by atoms with Gasteiger partial charge in [-0.05, 0) is 58.2 Å². The SMILES string of the molecule is CCCC(=O)N(CC(=O)O)c1cccc2[nH]cc(CC(C)NC(=O)OC(C)(C)C)c12. The highest BCUT2D eigenvalue weighted by atomic mass is 16.6. The molecule has 0 aliphatic carbocycles. The lowest BCUT2D eigenvalue weighted by Gasteiger charge is -2.23. The number of carboxylic acid groups (broad SMARTS) is 1. The maximum atomic E-state index is 12.6. The number of ether oxygens (including phenoxy) is 1. The quantitative estimate of drug-likeness (QED) is 0.604. The van der Waals surface area contributed by atoms with Gasteiger partial charge in [0.25, 0.3) is 0 Å². The highest BCUT2D eigenvalue weighted by Gasteiger charge is 2.23. The number of carbonyl (C=O) groups is 3. The Hall–Kier alpha value is -3.03. The van der Waals surface area contributed by atoms with Gasteiger partial charge in [-0.2, -0.15) is 0 Å². The van der Waals surface area contributed by atoms with Gasteiger partial charge in [-0.15, -0.1) is 0 Å². The van der Waals surface area contributed by atoms with Crippen LogP contribution in [0.3, 0.4) is 0 Å². The average Bonchev–Trinajstić information content (AvgIpc) is 3.01. The van der Waals surface area contributed by atoms with Crippen LogP contribution in [-0.2, 0) is 20.7 Å². The Morgan fingerprint density at radius 2 is 1.97 bits per heavy atom. The van der Waals surface area contributed by atoms with Crippen LogP contribution in [0.4, 0.5) is 10.5 Å². The smallest absolute Gasteiger partial charge is 0.407 e. The summed E-state index contributed by atoms with van der Waals surface area (Å²) < 4.78 is 5.30. The molecule has 1 aromatic heterocycles. The number of benzene rings is 1. The van der Waals surface area contributed by atoms with Crippen molar-refractivity contribution in [1.82, 2.24) is 10.3 Å². The van der Waals surface area contributed by atoms with Gasteiger partial charge in [0.1, 0.15) is 12.1 Å². The lowest BCUT2D eigenvalue weighted by Crippen LogP contribution is -2.38. The van der Waals surface area contributed by atoms with Crippen LogP contribution >= 0.6 is 0 Å². The van der Waals surface area contributed by atoms with E-state index in [1.807, 2.05) is 26.1 Å². The molecular formula is C22H31N3O5. The molecule has 0 saturated carbocycles. The van der Waals surface area contributed by atoms with E-state index in [0.29, 0.717) is 18.5 Å². The van der Waals surface area contributed by atoms with Crippen LogP contribution in [0.25, 0.3) is 10.9 Å². The van der Waals surface area contributed by atoms with Gasteiger partial charge in [0.15, 0.2) is 0 Å². The summed E-state index contributed by atoms with van der Waals surface area (Å²) >= 11 is 0. The van der Waals surface area contributed by atoms with E-state index < -0.39 is 24.2 Å². The molecule has 0 saturated heterocycles. The normalized spacial score (nSPS) is 12.4. The Kier molecular flexibility index (Phi) is 7.48. The number of fused-ring (bicyclic) bond motifs is 1. The van der Waals surface area contributed by atoms with Crippen molar-refractivity contribution in [2.45, 2.75) is 65.5 Å². The highest BCUT2D eigenvalue weighted by molar-refractivity contribution is 6.06. The van der Waals surface area contributed by atoms with Crippen LogP contribution in [0.1, 0.15) is 53.0 Å². The number of hydrogen-bond acceptors (Lipinski definition) is 4. The number of nitrogens with one attached hydrogen (secondary N) is 2. The molecule has 0 aliphatic rings. The summed E-state index contributed by atoms with van der Waals surface area (Å²) in [6.45, 7) is 8.73. The third-order valence-electron chi connectivity index (χ3n) is 4.40. The van der Waals surface area contributed by atoms with E-state index >= 15 is 0 Å². The van der Waals surface area contributed by atoms with Gasteiger partial charge in [-0.25, -0.2) is 4.79 Å². The minimum atomic E-state index is -1.08. The van der Waals surface area contributed by atoms with Crippen molar-refractivity contribution in [3.8, 4) is 0 Å². The number of aliphatic carboxylic acids is 1. The zero-order chi connectivity index (χ0) is 22.5. The predicted molar refractivity (Wildman–Crippen MR) is 116 cm³/mol. The summed E-state index contributed by atoms with van der Waals surface area (Å²) in [6, 6.07) is 5.18. The largest absolute Gasteiger partial charge is 0.480 e. The Bertz CT molecular complexity index is 913. The van der Waals surface area contributed by atoms with Gasteiger partial charge in [0, 0.05) is 29.6 Å². The molecule has 8 nitrogen and oxygen atoms in total. The number of rotatable bonds is 8. The van der Waals surface area contributed by atoms with Crippen molar-refractivity contribution < 1.29 is 24.2 Å². The van der Waals surface area contributed by atoms with Gasteiger partial charge < -0.3 is 25.0 Å². The maximum Gasteiger partial charge on any atom is 0.407 e. The second-order valence-electron chi connectivity index (χ2n) is 8.39. The van der Waals surface area contributed by atoms with E-state index in [2.05, 4.69) is 10.3 Å². The molecule has 30 heavy (non-hydrogen) atoms. The van der Waals surface area contributed by atoms with Crippen LogP contribution in [0.5, 0.6) is 0 Å². The fraction of sp³-hybridized carbons (Fsp3) is 0.500. The molecule has 0 fully saturated rings. The summed E-state index contributed by atoms with van der Waals surface area (Å²) in [5.74, 6) is -1.31. The number of anilines is 1. The summed E-state index contributed by atoms with van der Waals surface area (Å²) in [7, 11) is 0. The second kappa shape index (κ2) is 9.65. The molecular weight excluding hydrogens is 386 g/mol. The zero-order valence-corrected chi connectivity index (χ0v) is 18.2. The number of H-pyrrole nitrogens is 1. The third-order valence-corrected chi connectivity index (χ3v) is 4.40. The van der Waals surface area contributed by atoms with Gasteiger partial charge in [-0.3, -0.25) is 9.59 Å². The predicted octanol–water partition coefficient (Wildman–Crippen LogP) is 3.84. The number of aromatic nitrogens is 1. The molecule has 1 heterocycles. The molecule has 164 valence electrons. The van der Waals surface area contributed by atoms with Crippen LogP contribution in [-0.4, -0.2) is 46.2 Å². The number of nitrogens with zero attached hydrogens (tertiary/aromatic N) is 1. The lowest BCUT2D eigenvalue weighted by molar-refractivity contribution is -0.136. The molecule has 2 amide bonds. The molecule has 2 aromatic rings. The van der Waals surface area contributed by atoms with Gasteiger partial charge in [-0.1, -0.05) is 13.0 Å². The van der Waals surface area contributed by atoms with E-state index in [4.69, 9.17) is 4.74 Å². The number of hydrogen-bond donors (Lipinski definition) is 3. The Morgan fingerprint density at radius 1 is 1.27 bits per heavy atom. The van der Waals surface area contributed by atoms with Crippen molar-refractivity contribution in [3.05, 3.63) is 30.0 Å². The third kappa shape index (κ3) is 6.23. The zero-order valence-electron chi connectivity index (χ0n) is 18.2. The van der Waals surface area contributed by atoms with Crippen LogP contribution < -0.4 is 10.2 Å². The molecule has 0 aliphatic heterocycles. The maximum absolute atomic E-state index is 12.6. The van der Waals surface area contributed by atoms with E-state index in [9.17, 15) is 19.5 Å². The molecule has 1 aromatic carbocycles. The Morgan fingerprint density at radius 3 is 2.57 bits per heavy atom. The monoisotopic (exact) mass is 417 g/mol. The summed E-state index contributed by atoms with van der Waals surface area (Å²) in [5, 5.41) is 12.9. The van der Waals surface area contributed by atoms with E-state index in [0.717, 1.165) is 16.5 Å². The van der Waals surface area contributed by atoms with Crippen LogP contribution in [0.2, 0.25) is 0 Å². The number of aromatic amines is 1. The van der Waals surface area contributed by atoms with Crippen molar-refractivity contribution in [1.29, 1.82) is 0 Å². The molecule has 0 bridgehead atoms. The van der Waals surface area contributed by atoms with Gasteiger partial charge in [0.05, 0.1) is 5.69 Å². The second-order valence-corrected chi connectivity index (χ2v) is 8.39. The minimum absolute atomic E-state index is 0.230. The first-order chi connectivity index (χ1) is 14.0. The van der Waals surface area contributed by atoms with E-state index in [1.165, 1.54) is 4.90 Å².